The Morgan fingerprint density at radius 3 is 2.43 bits per heavy atom. The van der Waals surface area contributed by atoms with E-state index in [1.807, 2.05) is 0 Å². The van der Waals surface area contributed by atoms with E-state index >= 15 is 0 Å². The van der Waals surface area contributed by atoms with Gasteiger partial charge in [0.15, 0.2) is 16.3 Å². The lowest BCUT2D eigenvalue weighted by Crippen LogP contribution is -1.77. The number of nitriles is 1. The molecule has 0 aromatic rings. The highest BCUT2D eigenvalue weighted by molar-refractivity contribution is 7.58. The minimum absolute atomic E-state index is 0.121. The van der Waals surface area contributed by atoms with Crippen molar-refractivity contribution in [1.82, 2.24) is 0 Å². The highest BCUT2D eigenvalue weighted by atomic mass is 31.2. The van der Waals surface area contributed by atoms with Crippen molar-refractivity contribution in [3.05, 3.63) is 0 Å². The van der Waals surface area contributed by atoms with E-state index in [2.05, 4.69) is 4.21 Å². The van der Waals surface area contributed by atoms with E-state index in [0.29, 0.717) is 0 Å². The van der Waals surface area contributed by atoms with Gasteiger partial charge in [0, 0.05) is 0 Å². The number of rotatable bonds is 1. The summed E-state index contributed by atoms with van der Waals surface area (Å²) in [5.74, 6) is 1.11. The number of hydrogen-bond donors (Lipinski definition) is 1. The molecule has 0 heterocycles. The Morgan fingerprint density at radius 2 is 2.43 bits per heavy atom. The molecular formula is CH4NO3PSi. The van der Waals surface area contributed by atoms with Crippen LogP contribution in [0.5, 0.6) is 0 Å². The predicted octanol–water partition coefficient (Wildman–Crippen LogP) is -1.05. The van der Waals surface area contributed by atoms with Crippen LogP contribution in [0, 0.1) is 11.1 Å². The van der Waals surface area contributed by atoms with Gasteiger partial charge >= 0.3 is 7.60 Å². The molecule has 1 unspecified atom stereocenters. The standard InChI is InChI=1S/CH4NO3PSi/c2-1-6(3,4)5-7/h7H3,(H,3,4). The van der Waals surface area contributed by atoms with Crippen molar-refractivity contribution < 1.29 is 13.7 Å². The fraction of sp³-hybridized carbons (Fsp3) is 0. The van der Waals surface area contributed by atoms with Crippen molar-refractivity contribution >= 4 is 18.1 Å². The summed E-state index contributed by atoms with van der Waals surface area (Å²) in [7, 11) is -3.67. The first kappa shape index (κ1) is 6.86. The Hall–Kier alpha value is -0.143. The molecule has 0 radical (unpaired) electrons. The molecule has 7 heavy (non-hydrogen) atoms. The summed E-state index contributed by atoms with van der Waals surface area (Å²) in [6.07, 6.45) is 0. The van der Waals surface area contributed by atoms with Gasteiger partial charge in [-0.1, -0.05) is 0 Å². The molecule has 0 saturated carbocycles. The Morgan fingerprint density at radius 1 is 2.00 bits per heavy atom. The summed E-state index contributed by atoms with van der Waals surface area (Å²) in [6, 6.07) is 0. The van der Waals surface area contributed by atoms with E-state index in [1.165, 1.54) is 0 Å². The van der Waals surface area contributed by atoms with Crippen molar-refractivity contribution in [3.8, 4) is 5.81 Å². The average molecular weight is 137 g/mol. The summed E-state index contributed by atoms with van der Waals surface area (Å²) >= 11 is 0. The molecule has 0 aliphatic heterocycles. The molecule has 40 valence electrons. The van der Waals surface area contributed by atoms with Crippen molar-refractivity contribution in [3.63, 3.8) is 0 Å². The zero-order chi connectivity index (χ0) is 5.91. The molecular weight excluding hydrogens is 133 g/mol. The van der Waals surface area contributed by atoms with Gasteiger partial charge in [0.25, 0.3) is 0 Å². The van der Waals surface area contributed by atoms with Gasteiger partial charge in [0.1, 0.15) is 0 Å². The number of hydrogen-bond acceptors (Lipinski definition) is 3. The molecule has 1 atom stereocenters. The molecule has 0 rings (SSSR count). The highest BCUT2D eigenvalue weighted by Gasteiger charge is 2.12. The first-order chi connectivity index (χ1) is 3.12. The lowest BCUT2D eigenvalue weighted by Gasteiger charge is -1.93. The van der Waals surface area contributed by atoms with Crippen LogP contribution in [0.3, 0.4) is 0 Å². The minimum Gasteiger partial charge on any atom is -0.352 e. The van der Waals surface area contributed by atoms with E-state index in [9.17, 15) is 4.57 Å². The molecule has 0 saturated heterocycles. The van der Waals surface area contributed by atoms with Gasteiger partial charge in [-0.3, -0.25) is 0 Å². The Kier molecular flexibility index (Phi) is 2.19. The van der Waals surface area contributed by atoms with Crippen molar-refractivity contribution in [2.45, 2.75) is 0 Å². The molecule has 0 bridgehead atoms. The largest absolute Gasteiger partial charge is 0.418 e. The quantitative estimate of drug-likeness (QED) is 0.370. The normalized spacial score (nSPS) is 17.7. The summed E-state index contributed by atoms with van der Waals surface area (Å²) < 4.78 is 13.9. The average Bonchev–Trinajstić information content (AvgIpc) is 1.68. The summed E-state index contributed by atoms with van der Waals surface area (Å²) in [5.41, 5.74) is 0. The maximum absolute atomic E-state index is 9.96. The molecule has 0 spiro atoms. The molecule has 0 fully saturated rings. The molecule has 6 heteroatoms. The monoisotopic (exact) mass is 137 g/mol. The molecule has 0 aromatic carbocycles. The predicted molar refractivity (Wildman–Crippen MR) is 26.5 cm³/mol. The second-order valence-electron chi connectivity index (χ2n) is 0.803. The SMILES string of the molecule is N#CP(=O)(O)O[SiH3]. The van der Waals surface area contributed by atoms with Crippen LogP contribution in [-0.2, 0) is 8.78 Å². The lowest BCUT2D eigenvalue weighted by molar-refractivity contribution is 0.408. The first-order valence-electron chi connectivity index (χ1n) is 1.42. The third-order valence-electron chi connectivity index (χ3n) is 0.374. The summed E-state index contributed by atoms with van der Waals surface area (Å²) in [6.45, 7) is 0. The van der Waals surface area contributed by atoms with E-state index in [4.69, 9.17) is 10.2 Å². The van der Waals surface area contributed by atoms with E-state index in [1.54, 1.807) is 0 Å². The second-order valence-corrected chi connectivity index (χ2v) is 3.50. The Bertz CT molecular complexity index is 138. The van der Waals surface area contributed by atoms with E-state index < -0.39 is 7.60 Å². The molecule has 4 nitrogen and oxygen atoms in total. The Balaban J connectivity index is 3.94. The first-order valence-corrected chi connectivity index (χ1v) is 3.81. The van der Waals surface area contributed by atoms with Gasteiger partial charge in [-0.05, 0) is 0 Å². The van der Waals surface area contributed by atoms with E-state index in [0.717, 1.165) is 5.81 Å². The molecule has 0 aromatic heterocycles. The van der Waals surface area contributed by atoms with Crippen molar-refractivity contribution in [2.75, 3.05) is 0 Å². The maximum atomic E-state index is 9.96. The van der Waals surface area contributed by atoms with Crippen LogP contribution in [0.2, 0.25) is 0 Å². The van der Waals surface area contributed by atoms with Crippen molar-refractivity contribution in [2.24, 2.45) is 0 Å². The highest BCUT2D eigenvalue weighted by Crippen LogP contribution is 2.37. The summed E-state index contributed by atoms with van der Waals surface area (Å²) in [5, 5.41) is 7.73. The Labute approximate surface area is 43.8 Å². The van der Waals surface area contributed by atoms with Gasteiger partial charge in [-0.25, -0.2) is 4.57 Å². The van der Waals surface area contributed by atoms with Crippen LogP contribution in [0.1, 0.15) is 0 Å². The smallest absolute Gasteiger partial charge is 0.352 e. The van der Waals surface area contributed by atoms with Crippen LogP contribution in [-0.4, -0.2) is 15.4 Å². The van der Waals surface area contributed by atoms with Gasteiger partial charge in [0.05, 0.1) is 0 Å². The maximum Gasteiger partial charge on any atom is 0.418 e. The van der Waals surface area contributed by atoms with E-state index in [-0.39, 0.29) is 10.5 Å². The van der Waals surface area contributed by atoms with Crippen LogP contribution in [0.15, 0.2) is 0 Å². The fourth-order valence-electron chi connectivity index (χ4n) is 0.0408. The van der Waals surface area contributed by atoms with Crippen LogP contribution >= 0.6 is 7.60 Å². The summed E-state index contributed by atoms with van der Waals surface area (Å²) in [4.78, 5) is 8.14. The third kappa shape index (κ3) is 2.54. The van der Waals surface area contributed by atoms with Crippen LogP contribution in [0.25, 0.3) is 0 Å². The molecule has 0 aliphatic carbocycles. The molecule has 0 amide bonds. The second kappa shape index (κ2) is 2.24. The van der Waals surface area contributed by atoms with Gasteiger partial charge in [-0.15, -0.1) is 0 Å². The van der Waals surface area contributed by atoms with Crippen molar-refractivity contribution in [1.29, 1.82) is 5.26 Å². The fourth-order valence-corrected chi connectivity index (χ4v) is 0.367. The van der Waals surface area contributed by atoms with Gasteiger partial charge in [-0.2, -0.15) is 5.26 Å². The van der Waals surface area contributed by atoms with Gasteiger partial charge < -0.3 is 9.11 Å². The van der Waals surface area contributed by atoms with Crippen LogP contribution in [0.4, 0.5) is 0 Å². The lowest BCUT2D eigenvalue weighted by atomic mass is 11.8. The number of nitrogens with zero attached hydrogens (tertiary/aromatic N) is 1. The third-order valence-corrected chi connectivity index (χ3v) is 2.61. The zero-order valence-corrected chi connectivity index (χ0v) is 6.55. The molecule has 0 aliphatic rings. The van der Waals surface area contributed by atoms with Gasteiger partial charge in [0.2, 0.25) is 0 Å². The molecule has 1 N–H and O–H groups in total. The zero-order valence-electron chi connectivity index (χ0n) is 3.66. The minimum atomic E-state index is -3.79. The topological polar surface area (TPSA) is 70.3 Å². The van der Waals surface area contributed by atoms with Crippen LogP contribution < -0.4 is 0 Å².